The summed E-state index contributed by atoms with van der Waals surface area (Å²) < 4.78 is 27.4. The van der Waals surface area contributed by atoms with Gasteiger partial charge in [0.15, 0.2) is 0 Å². The first-order valence-electron chi connectivity index (χ1n) is 5.35. The van der Waals surface area contributed by atoms with E-state index in [1.54, 1.807) is 18.2 Å². The molecule has 1 aromatic rings. The molecule has 0 aromatic heterocycles. The van der Waals surface area contributed by atoms with Crippen LogP contribution in [0.25, 0.3) is 0 Å². The van der Waals surface area contributed by atoms with Crippen LogP contribution in [0.5, 0.6) is 0 Å². The zero-order valence-electron chi connectivity index (χ0n) is 9.06. The van der Waals surface area contributed by atoms with Gasteiger partial charge in [0.05, 0.1) is 12.5 Å². The first-order chi connectivity index (χ1) is 7.50. The van der Waals surface area contributed by atoms with Crippen LogP contribution in [0.1, 0.15) is 23.5 Å². The number of aryl methyl sites for hydroxylation is 1. The van der Waals surface area contributed by atoms with Gasteiger partial charge in [0.25, 0.3) is 5.92 Å². The van der Waals surface area contributed by atoms with Gasteiger partial charge >= 0.3 is 0 Å². The van der Waals surface area contributed by atoms with Crippen molar-refractivity contribution >= 4 is 11.6 Å². The second-order valence-corrected chi connectivity index (χ2v) is 4.69. The largest absolute Gasteiger partial charge is 0.311 e. The zero-order valence-corrected chi connectivity index (χ0v) is 9.82. The number of benzene rings is 1. The number of piperidine rings is 1. The van der Waals surface area contributed by atoms with E-state index in [1.807, 2.05) is 6.92 Å². The zero-order chi connectivity index (χ0) is 11.8. The lowest BCUT2D eigenvalue weighted by Gasteiger charge is -2.32. The molecule has 0 amide bonds. The molecule has 1 nitrogen and oxygen atoms in total. The second kappa shape index (κ2) is 4.30. The Kier molecular flexibility index (Phi) is 3.17. The van der Waals surface area contributed by atoms with Crippen LogP contribution in [0.2, 0.25) is 5.02 Å². The molecule has 0 radical (unpaired) electrons. The van der Waals surface area contributed by atoms with Crippen molar-refractivity contribution in [2.75, 3.05) is 13.1 Å². The minimum absolute atomic E-state index is 0.237. The maximum absolute atomic E-state index is 13.7. The van der Waals surface area contributed by atoms with Gasteiger partial charge in [-0.1, -0.05) is 23.7 Å². The summed E-state index contributed by atoms with van der Waals surface area (Å²) in [5, 5.41) is 3.35. The van der Waals surface area contributed by atoms with Gasteiger partial charge in [-0.15, -0.1) is 0 Å². The Hall–Kier alpha value is -0.670. The highest BCUT2D eigenvalue weighted by Crippen LogP contribution is 2.38. The number of halogens is 3. The SMILES string of the molecule is Cc1cc(C2CCNCC2(F)F)ccc1Cl. The van der Waals surface area contributed by atoms with Crippen molar-refractivity contribution in [3.8, 4) is 0 Å². The lowest BCUT2D eigenvalue weighted by atomic mass is 9.86. The van der Waals surface area contributed by atoms with Crippen molar-refractivity contribution in [1.29, 1.82) is 0 Å². The van der Waals surface area contributed by atoms with Crippen molar-refractivity contribution in [2.24, 2.45) is 0 Å². The molecule has 0 spiro atoms. The molecule has 1 unspecified atom stereocenters. The molecule has 1 aromatic carbocycles. The molecular weight excluding hydrogens is 232 g/mol. The van der Waals surface area contributed by atoms with E-state index in [-0.39, 0.29) is 6.54 Å². The van der Waals surface area contributed by atoms with E-state index in [0.717, 1.165) is 5.56 Å². The Morgan fingerprint density at radius 2 is 2.19 bits per heavy atom. The smallest absolute Gasteiger partial charge is 0.267 e. The number of alkyl halides is 2. The third kappa shape index (κ3) is 2.20. The third-order valence-corrected chi connectivity index (χ3v) is 3.49. The maximum Gasteiger partial charge on any atom is 0.267 e. The fourth-order valence-corrected chi connectivity index (χ4v) is 2.25. The molecule has 0 aliphatic carbocycles. The average molecular weight is 246 g/mol. The van der Waals surface area contributed by atoms with Crippen LogP contribution in [0.3, 0.4) is 0 Å². The summed E-state index contributed by atoms with van der Waals surface area (Å²) in [6.45, 7) is 2.24. The third-order valence-electron chi connectivity index (χ3n) is 3.06. The average Bonchev–Trinajstić information content (AvgIpc) is 2.22. The highest BCUT2D eigenvalue weighted by atomic mass is 35.5. The first-order valence-corrected chi connectivity index (χ1v) is 5.73. The van der Waals surface area contributed by atoms with Gasteiger partial charge in [0.2, 0.25) is 0 Å². The fraction of sp³-hybridized carbons (Fsp3) is 0.500. The molecule has 0 saturated carbocycles. The van der Waals surface area contributed by atoms with Crippen molar-refractivity contribution < 1.29 is 8.78 Å². The van der Waals surface area contributed by atoms with E-state index >= 15 is 0 Å². The van der Waals surface area contributed by atoms with Crippen LogP contribution in [-0.2, 0) is 0 Å². The molecule has 4 heteroatoms. The summed E-state index contributed by atoms with van der Waals surface area (Å²) in [5.74, 6) is -3.36. The summed E-state index contributed by atoms with van der Waals surface area (Å²) in [7, 11) is 0. The van der Waals surface area contributed by atoms with Crippen LogP contribution in [-0.4, -0.2) is 19.0 Å². The van der Waals surface area contributed by atoms with Gasteiger partial charge in [0, 0.05) is 5.02 Å². The van der Waals surface area contributed by atoms with E-state index < -0.39 is 11.8 Å². The van der Waals surface area contributed by atoms with Crippen LogP contribution < -0.4 is 5.32 Å². The standard InChI is InChI=1S/C12H14ClF2N/c1-8-6-9(2-3-11(8)13)10-4-5-16-7-12(10,14)15/h2-3,6,10,16H,4-5,7H2,1H3. The normalized spacial score (nSPS) is 24.4. The fourth-order valence-electron chi connectivity index (χ4n) is 2.13. The number of hydrogen-bond donors (Lipinski definition) is 1. The Morgan fingerprint density at radius 3 is 2.81 bits per heavy atom. The highest BCUT2D eigenvalue weighted by molar-refractivity contribution is 6.31. The van der Waals surface area contributed by atoms with Gasteiger partial charge in [-0.3, -0.25) is 0 Å². The predicted octanol–water partition coefficient (Wildman–Crippen LogP) is 3.36. The molecule has 1 N–H and O–H groups in total. The molecule has 2 rings (SSSR count). The monoisotopic (exact) mass is 245 g/mol. The molecular formula is C12H14ClF2N. The van der Waals surface area contributed by atoms with Crippen molar-refractivity contribution in [2.45, 2.75) is 25.2 Å². The van der Waals surface area contributed by atoms with Gasteiger partial charge in [-0.25, -0.2) is 8.78 Å². The molecule has 1 atom stereocenters. The summed E-state index contributed by atoms with van der Waals surface area (Å²) >= 11 is 5.89. The Labute approximate surface area is 98.8 Å². The second-order valence-electron chi connectivity index (χ2n) is 4.29. The molecule has 1 aliphatic heterocycles. The van der Waals surface area contributed by atoms with E-state index in [1.165, 1.54) is 0 Å². The van der Waals surface area contributed by atoms with Crippen molar-refractivity contribution in [3.63, 3.8) is 0 Å². The lowest BCUT2D eigenvalue weighted by Crippen LogP contribution is -2.44. The molecule has 1 saturated heterocycles. The molecule has 16 heavy (non-hydrogen) atoms. The minimum Gasteiger partial charge on any atom is -0.311 e. The molecule has 1 heterocycles. The summed E-state index contributed by atoms with van der Waals surface area (Å²) in [4.78, 5) is 0. The Balaban J connectivity index is 2.31. The van der Waals surface area contributed by atoms with E-state index in [9.17, 15) is 8.78 Å². The predicted molar refractivity (Wildman–Crippen MR) is 61.4 cm³/mol. The highest BCUT2D eigenvalue weighted by Gasteiger charge is 2.42. The minimum atomic E-state index is -2.67. The van der Waals surface area contributed by atoms with E-state index in [0.29, 0.717) is 23.6 Å². The number of rotatable bonds is 1. The Morgan fingerprint density at radius 1 is 1.44 bits per heavy atom. The molecule has 0 bridgehead atoms. The van der Waals surface area contributed by atoms with Crippen molar-refractivity contribution in [3.05, 3.63) is 34.3 Å². The van der Waals surface area contributed by atoms with Gasteiger partial charge in [-0.2, -0.15) is 0 Å². The summed E-state index contributed by atoms with van der Waals surface area (Å²) in [5.41, 5.74) is 1.54. The van der Waals surface area contributed by atoms with Gasteiger partial charge in [-0.05, 0) is 37.1 Å². The van der Waals surface area contributed by atoms with Gasteiger partial charge in [0.1, 0.15) is 0 Å². The number of hydrogen-bond acceptors (Lipinski definition) is 1. The van der Waals surface area contributed by atoms with Crippen LogP contribution in [0, 0.1) is 6.92 Å². The van der Waals surface area contributed by atoms with E-state index in [2.05, 4.69) is 5.32 Å². The van der Waals surface area contributed by atoms with Gasteiger partial charge < -0.3 is 5.32 Å². The topological polar surface area (TPSA) is 12.0 Å². The number of nitrogens with one attached hydrogen (secondary N) is 1. The summed E-state index contributed by atoms with van der Waals surface area (Å²) in [6, 6.07) is 5.18. The molecule has 88 valence electrons. The summed E-state index contributed by atoms with van der Waals surface area (Å²) in [6.07, 6.45) is 0.466. The Bertz CT molecular complexity index is 393. The van der Waals surface area contributed by atoms with Crippen molar-refractivity contribution in [1.82, 2.24) is 5.32 Å². The maximum atomic E-state index is 13.7. The first kappa shape index (κ1) is 11.8. The van der Waals surface area contributed by atoms with E-state index in [4.69, 9.17) is 11.6 Å². The quantitative estimate of drug-likeness (QED) is 0.800. The van der Waals surface area contributed by atoms with Crippen LogP contribution in [0.15, 0.2) is 18.2 Å². The molecule has 1 fully saturated rings. The molecule has 1 aliphatic rings. The lowest BCUT2D eigenvalue weighted by molar-refractivity contribution is -0.0420. The van der Waals surface area contributed by atoms with Crippen LogP contribution >= 0.6 is 11.6 Å². The van der Waals surface area contributed by atoms with Crippen LogP contribution in [0.4, 0.5) is 8.78 Å².